The van der Waals surface area contributed by atoms with Gasteiger partial charge >= 0.3 is 0 Å². The summed E-state index contributed by atoms with van der Waals surface area (Å²) in [5, 5.41) is 9.59. The van der Waals surface area contributed by atoms with Gasteiger partial charge in [-0.1, -0.05) is 29.3 Å². The molecule has 6 heteroatoms. The molecule has 0 saturated heterocycles. The second-order valence-electron chi connectivity index (χ2n) is 3.20. The Bertz CT molecular complexity index is 599. The molecule has 0 fully saturated rings. The van der Waals surface area contributed by atoms with Crippen LogP contribution >= 0.6 is 23.2 Å². The molecule has 0 aliphatic rings. The molecule has 4 nitrogen and oxygen atoms in total. The lowest BCUT2D eigenvalue weighted by atomic mass is 10.2. The third-order valence-electron chi connectivity index (χ3n) is 2.13. The van der Waals surface area contributed by atoms with E-state index in [0.29, 0.717) is 21.4 Å². The summed E-state index contributed by atoms with van der Waals surface area (Å²) < 4.78 is 0. The predicted octanol–water partition coefficient (Wildman–Crippen LogP) is 2.90. The summed E-state index contributed by atoms with van der Waals surface area (Å²) in [6.45, 7) is 0. The van der Waals surface area contributed by atoms with E-state index in [4.69, 9.17) is 34.2 Å². The number of anilines is 1. The van der Waals surface area contributed by atoms with E-state index in [9.17, 15) is 0 Å². The number of nitrogens with zero attached hydrogens (tertiary/aromatic N) is 3. The molecular formula is C11H6Cl2N4. The van der Waals surface area contributed by atoms with Crippen LogP contribution in [0.3, 0.4) is 0 Å². The second-order valence-corrected chi connectivity index (χ2v) is 4.02. The first-order valence-electron chi connectivity index (χ1n) is 4.60. The summed E-state index contributed by atoms with van der Waals surface area (Å²) in [5.74, 6) is 0.408. The van der Waals surface area contributed by atoms with E-state index in [2.05, 4.69) is 9.97 Å². The highest BCUT2D eigenvalue weighted by atomic mass is 35.5. The zero-order valence-corrected chi connectivity index (χ0v) is 10.00. The Labute approximate surface area is 108 Å². The van der Waals surface area contributed by atoms with Crippen molar-refractivity contribution in [1.82, 2.24) is 9.97 Å². The van der Waals surface area contributed by atoms with Gasteiger partial charge in [0.05, 0.1) is 21.8 Å². The molecule has 0 bridgehead atoms. The van der Waals surface area contributed by atoms with E-state index in [1.807, 2.05) is 6.07 Å². The van der Waals surface area contributed by atoms with Crippen LogP contribution in [0.15, 0.2) is 24.4 Å². The molecule has 84 valence electrons. The van der Waals surface area contributed by atoms with E-state index in [0.717, 1.165) is 0 Å². The number of nitrogens with two attached hydrogens (primary N) is 1. The van der Waals surface area contributed by atoms with Crippen molar-refractivity contribution in [3.63, 3.8) is 0 Å². The van der Waals surface area contributed by atoms with Gasteiger partial charge in [0.1, 0.15) is 17.5 Å². The van der Waals surface area contributed by atoms with Crippen LogP contribution < -0.4 is 5.73 Å². The van der Waals surface area contributed by atoms with Crippen LogP contribution in [0, 0.1) is 11.3 Å². The lowest BCUT2D eigenvalue weighted by Gasteiger charge is -2.06. The number of nitriles is 1. The van der Waals surface area contributed by atoms with Crippen LogP contribution in [-0.2, 0) is 0 Å². The predicted molar refractivity (Wildman–Crippen MR) is 66.6 cm³/mol. The minimum absolute atomic E-state index is 0.105. The molecule has 0 spiro atoms. The van der Waals surface area contributed by atoms with Crippen LogP contribution in [0.25, 0.3) is 11.4 Å². The molecule has 0 unspecified atom stereocenters. The molecule has 0 amide bonds. The number of aromatic nitrogens is 2. The van der Waals surface area contributed by atoms with Gasteiger partial charge in [-0.05, 0) is 12.1 Å². The Morgan fingerprint density at radius 1 is 1.24 bits per heavy atom. The van der Waals surface area contributed by atoms with Crippen molar-refractivity contribution < 1.29 is 0 Å². The highest BCUT2D eigenvalue weighted by Crippen LogP contribution is 2.32. The van der Waals surface area contributed by atoms with Crippen LogP contribution in [0.1, 0.15) is 5.56 Å². The quantitative estimate of drug-likeness (QED) is 0.860. The van der Waals surface area contributed by atoms with Gasteiger partial charge in [0, 0.05) is 0 Å². The molecule has 0 saturated carbocycles. The number of rotatable bonds is 1. The summed E-state index contributed by atoms with van der Waals surface area (Å²) in [6.07, 6.45) is 1.34. The third-order valence-corrected chi connectivity index (χ3v) is 2.76. The topological polar surface area (TPSA) is 75.6 Å². The summed E-state index contributed by atoms with van der Waals surface area (Å²) in [6, 6.07) is 6.97. The molecule has 1 aromatic heterocycles. The molecule has 2 N–H and O–H groups in total. The van der Waals surface area contributed by atoms with E-state index in [1.165, 1.54) is 6.20 Å². The molecular weight excluding hydrogens is 259 g/mol. The van der Waals surface area contributed by atoms with Crippen LogP contribution in [0.5, 0.6) is 0 Å². The zero-order valence-electron chi connectivity index (χ0n) is 8.48. The molecule has 0 atom stereocenters. The van der Waals surface area contributed by atoms with Crippen molar-refractivity contribution in [3.8, 4) is 17.5 Å². The summed E-state index contributed by atoms with van der Waals surface area (Å²) in [4.78, 5) is 8.03. The molecule has 0 aliphatic heterocycles. The number of hydrogen-bond donors (Lipinski definition) is 1. The first-order chi connectivity index (χ1) is 8.13. The van der Waals surface area contributed by atoms with Gasteiger partial charge in [0.15, 0.2) is 5.82 Å². The van der Waals surface area contributed by atoms with E-state index in [-0.39, 0.29) is 11.4 Å². The second kappa shape index (κ2) is 4.58. The van der Waals surface area contributed by atoms with E-state index >= 15 is 0 Å². The average molecular weight is 265 g/mol. The SMILES string of the molecule is N#Cc1cnc(-c2c(Cl)cccc2Cl)nc1N. The van der Waals surface area contributed by atoms with Crippen molar-refractivity contribution in [3.05, 3.63) is 40.0 Å². The Balaban J connectivity index is 2.63. The Morgan fingerprint density at radius 3 is 2.41 bits per heavy atom. The number of halogens is 2. The van der Waals surface area contributed by atoms with Gasteiger partial charge < -0.3 is 5.73 Å². The fourth-order valence-electron chi connectivity index (χ4n) is 1.31. The van der Waals surface area contributed by atoms with Crippen LogP contribution in [0.2, 0.25) is 10.0 Å². The number of nitrogen functional groups attached to an aromatic ring is 1. The highest BCUT2D eigenvalue weighted by molar-refractivity contribution is 6.38. The van der Waals surface area contributed by atoms with Gasteiger partial charge in [0.25, 0.3) is 0 Å². The minimum atomic E-state index is 0.105. The Morgan fingerprint density at radius 2 is 1.88 bits per heavy atom. The van der Waals surface area contributed by atoms with Crippen molar-refractivity contribution in [2.24, 2.45) is 0 Å². The van der Waals surface area contributed by atoms with E-state index < -0.39 is 0 Å². The molecule has 1 heterocycles. The van der Waals surface area contributed by atoms with Crippen molar-refractivity contribution >= 4 is 29.0 Å². The Hall–Kier alpha value is -1.83. The third kappa shape index (κ3) is 2.16. The average Bonchev–Trinajstić information content (AvgIpc) is 2.29. The summed E-state index contributed by atoms with van der Waals surface area (Å²) >= 11 is 12.0. The van der Waals surface area contributed by atoms with Gasteiger partial charge in [0.2, 0.25) is 0 Å². The minimum Gasteiger partial charge on any atom is -0.382 e. The molecule has 0 aliphatic carbocycles. The largest absolute Gasteiger partial charge is 0.382 e. The smallest absolute Gasteiger partial charge is 0.164 e. The molecule has 2 rings (SSSR count). The molecule has 0 radical (unpaired) electrons. The monoisotopic (exact) mass is 264 g/mol. The molecule has 1 aromatic carbocycles. The van der Waals surface area contributed by atoms with Crippen LogP contribution in [0.4, 0.5) is 5.82 Å². The van der Waals surface area contributed by atoms with Gasteiger partial charge in [-0.3, -0.25) is 0 Å². The van der Waals surface area contributed by atoms with Gasteiger partial charge in [-0.15, -0.1) is 0 Å². The lowest BCUT2D eigenvalue weighted by Crippen LogP contribution is -1.99. The summed E-state index contributed by atoms with van der Waals surface area (Å²) in [5.41, 5.74) is 6.34. The summed E-state index contributed by atoms with van der Waals surface area (Å²) in [7, 11) is 0. The molecule has 2 aromatic rings. The van der Waals surface area contributed by atoms with Crippen molar-refractivity contribution in [2.75, 3.05) is 5.73 Å². The maximum absolute atomic E-state index is 8.73. The first-order valence-corrected chi connectivity index (χ1v) is 5.36. The van der Waals surface area contributed by atoms with Crippen molar-refractivity contribution in [2.45, 2.75) is 0 Å². The highest BCUT2D eigenvalue weighted by Gasteiger charge is 2.12. The normalized spacial score (nSPS) is 9.94. The molecule has 17 heavy (non-hydrogen) atoms. The van der Waals surface area contributed by atoms with Gasteiger partial charge in [-0.2, -0.15) is 5.26 Å². The Kier molecular flexibility index (Phi) is 3.14. The number of benzene rings is 1. The van der Waals surface area contributed by atoms with E-state index in [1.54, 1.807) is 18.2 Å². The first kappa shape index (κ1) is 11.6. The standard InChI is InChI=1S/C11H6Cl2N4/c12-7-2-1-3-8(13)9(7)11-16-5-6(4-14)10(15)17-11/h1-3,5H,(H2,15,16,17). The number of hydrogen-bond acceptors (Lipinski definition) is 4. The maximum atomic E-state index is 8.73. The zero-order chi connectivity index (χ0) is 12.4. The maximum Gasteiger partial charge on any atom is 0.164 e. The fourth-order valence-corrected chi connectivity index (χ4v) is 1.88. The van der Waals surface area contributed by atoms with Crippen LogP contribution in [-0.4, -0.2) is 9.97 Å². The van der Waals surface area contributed by atoms with Crippen molar-refractivity contribution in [1.29, 1.82) is 5.26 Å². The van der Waals surface area contributed by atoms with Gasteiger partial charge in [-0.25, -0.2) is 9.97 Å². The fraction of sp³-hybridized carbons (Fsp3) is 0. The lowest BCUT2D eigenvalue weighted by molar-refractivity contribution is 1.17.